The van der Waals surface area contributed by atoms with Crippen LogP contribution in [0.15, 0.2) is 15.8 Å². The molecule has 5 heteroatoms. The van der Waals surface area contributed by atoms with Gasteiger partial charge in [0.2, 0.25) is 0 Å². The van der Waals surface area contributed by atoms with Crippen LogP contribution in [0.3, 0.4) is 0 Å². The molecule has 5 nitrogen and oxygen atoms in total. The summed E-state index contributed by atoms with van der Waals surface area (Å²) in [6, 6.07) is 0. The van der Waals surface area contributed by atoms with Gasteiger partial charge in [-0.1, -0.05) is 0 Å². The van der Waals surface area contributed by atoms with Crippen molar-refractivity contribution in [3.8, 4) is 0 Å². The molecule has 1 aromatic heterocycles. The second-order valence-electron chi connectivity index (χ2n) is 3.95. The molecule has 1 fully saturated rings. The molecule has 17 heavy (non-hydrogen) atoms. The van der Waals surface area contributed by atoms with E-state index >= 15 is 0 Å². The van der Waals surface area contributed by atoms with Crippen molar-refractivity contribution in [2.24, 2.45) is 14.1 Å². The first kappa shape index (κ1) is 12.0. The molecule has 0 bridgehead atoms. The zero-order valence-corrected chi connectivity index (χ0v) is 9.80. The van der Waals surface area contributed by atoms with Gasteiger partial charge >= 0.3 is 5.69 Å². The van der Waals surface area contributed by atoms with Crippen molar-refractivity contribution >= 4 is 5.69 Å². The number of hydrogen-bond donors (Lipinski definition) is 1. The van der Waals surface area contributed by atoms with Gasteiger partial charge in [-0.05, 0) is 25.7 Å². The van der Waals surface area contributed by atoms with Gasteiger partial charge in [0.15, 0.2) is 0 Å². The van der Waals surface area contributed by atoms with Crippen LogP contribution >= 0.6 is 0 Å². The Morgan fingerprint density at radius 3 is 2.47 bits per heavy atom. The molecule has 2 rings (SSSR count). The molecule has 0 unspecified atom stereocenters. The van der Waals surface area contributed by atoms with Crippen LogP contribution in [-0.2, 0) is 14.1 Å². The van der Waals surface area contributed by atoms with Crippen LogP contribution in [0, 0.1) is 31.6 Å². The fourth-order valence-electron chi connectivity index (χ4n) is 1.66. The second-order valence-corrected chi connectivity index (χ2v) is 3.95. The van der Waals surface area contributed by atoms with E-state index in [9.17, 15) is 9.59 Å². The summed E-state index contributed by atoms with van der Waals surface area (Å²) in [6.45, 7) is 0.570. The lowest BCUT2D eigenvalue weighted by atomic mass is 10.1. The topological polar surface area (TPSA) is 56.0 Å². The van der Waals surface area contributed by atoms with Crippen LogP contribution in [0.5, 0.6) is 0 Å². The summed E-state index contributed by atoms with van der Waals surface area (Å²) in [5.41, 5.74) is -0.204. The fraction of sp³-hybridized carbons (Fsp3) is 0.250. The number of aromatic nitrogens is 2. The second kappa shape index (κ2) is 4.77. The number of nitrogens with one attached hydrogen (secondary N) is 1. The van der Waals surface area contributed by atoms with Crippen LogP contribution in [-0.4, -0.2) is 15.7 Å². The minimum Gasteiger partial charge on any atom is -0.379 e. The molecule has 89 valence electrons. The molecule has 0 saturated heterocycles. The zero-order chi connectivity index (χ0) is 12.4. The molecule has 5 radical (unpaired) electrons. The third-order valence-electron chi connectivity index (χ3n) is 2.66. The molecule has 1 heterocycles. The first-order valence-electron chi connectivity index (χ1n) is 5.30. The highest BCUT2D eigenvalue weighted by Crippen LogP contribution is 2.22. The van der Waals surface area contributed by atoms with E-state index in [2.05, 4.69) is 5.32 Å². The van der Waals surface area contributed by atoms with Gasteiger partial charge in [-0.15, -0.1) is 0 Å². The van der Waals surface area contributed by atoms with E-state index in [1.54, 1.807) is 7.05 Å². The normalized spacial score (nSPS) is 16.4. The highest BCUT2D eigenvalue weighted by Gasteiger charge is 2.17. The zero-order valence-electron chi connectivity index (χ0n) is 9.80. The highest BCUT2D eigenvalue weighted by atomic mass is 16.2. The van der Waals surface area contributed by atoms with Crippen molar-refractivity contribution in [3.05, 3.63) is 58.6 Å². The molecule has 0 atom stereocenters. The van der Waals surface area contributed by atoms with Crippen molar-refractivity contribution in [3.63, 3.8) is 0 Å². The number of rotatable bonds is 3. The van der Waals surface area contributed by atoms with Crippen LogP contribution in [0.1, 0.15) is 0 Å². The van der Waals surface area contributed by atoms with E-state index in [1.165, 1.54) is 17.8 Å². The van der Waals surface area contributed by atoms with Crippen molar-refractivity contribution < 1.29 is 0 Å². The number of hydrogen-bond acceptors (Lipinski definition) is 3. The Hall–Kier alpha value is -1.52. The van der Waals surface area contributed by atoms with Gasteiger partial charge in [0.05, 0.1) is 0 Å². The van der Waals surface area contributed by atoms with Gasteiger partial charge in [0.1, 0.15) is 5.69 Å². The van der Waals surface area contributed by atoms with E-state index < -0.39 is 0 Å². The monoisotopic (exact) mass is 232 g/mol. The van der Waals surface area contributed by atoms with Crippen molar-refractivity contribution in [2.45, 2.75) is 0 Å². The number of anilines is 1. The van der Waals surface area contributed by atoms with Crippen molar-refractivity contribution in [1.29, 1.82) is 0 Å². The molecule has 0 spiro atoms. The van der Waals surface area contributed by atoms with E-state index in [-0.39, 0.29) is 11.2 Å². The van der Waals surface area contributed by atoms with Crippen LogP contribution in [0.2, 0.25) is 0 Å². The first-order valence-corrected chi connectivity index (χ1v) is 5.30. The Morgan fingerprint density at radius 1 is 1.18 bits per heavy atom. The van der Waals surface area contributed by atoms with Gasteiger partial charge < -0.3 is 9.88 Å². The third kappa shape index (κ3) is 2.43. The SMILES string of the molecule is Cn1cc(NC[C]2[CH][CH][CH][CH]2)c(=O)n(C)c1=O. The molecule has 1 aliphatic rings. The summed E-state index contributed by atoms with van der Waals surface area (Å²) in [7, 11) is 3.09. The lowest BCUT2D eigenvalue weighted by Gasteiger charge is -2.12. The Balaban J connectivity index is 2.15. The quantitative estimate of drug-likeness (QED) is 0.792. The standard InChI is InChI=1S/C12H14N3O2/c1-14-8-10(11(16)15(2)12(14)17)13-7-9-5-3-4-6-9/h3-6,8,13H,7H2,1-2H3. The van der Waals surface area contributed by atoms with Gasteiger partial charge in [-0.2, -0.15) is 0 Å². The minimum atomic E-state index is -0.325. The van der Waals surface area contributed by atoms with Crippen molar-refractivity contribution in [2.75, 3.05) is 11.9 Å². The Kier molecular flexibility index (Phi) is 3.36. The molecule has 0 amide bonds. The van der Waals surface area contributed by atoms with Gasteiger partial charge in [-0.3, -0.25) is 9.36 Å². The van der Waals surface area contributed by atoms with Gasteiger partial charge in [-0.25, -0.2) is 4.79 Å². The fourth-order valence-corrected chi connectivity index (χ4v) is 1.66. The molecular formula is C12H14N3O2. The van der Waals surface area contributed by atoms with Crippen LogP contribution in [0.25, 0.3) is 0 Å². The largest absolute Gasteiger partial charge is 0.379 e. The average Bonchev–Trinajstić information content (AvgIpc) is 2.82. The summed E-state index contributed by atoms with van der Waals surface area (Å²) in [5.74, 6) is 1.10. The maximum Gasteiger partial charge on any atom is 0.330 e. The number of aryl methyl sites for hydroxylation is 1. The summed E-state index contributed by atoms with van der Waals surface area (Å²) in [6.07, 6.45) is 9.35. The van der Waals surface area contributed by atoms with E-state index in [1.807, 2.05) is 25.7 Å². The van der Waals surface area contributed by atoms with Gasteiger partial charge in [0.25, 0.3) is 5.56 Å². The lowest BCUT2D eigenvalue weighted by molar-refractivity contribution is 0.687. The number of nitrogens with zero attached hydrogens (tertiary/aromatic N) is 2. The molecule has 0 aliphatic heterocycles. The highest BCUT2D eigenvalue weighted by molar-refractivity contribution is 5.44. The first-order chi connectivity index (χ1) is 8.09. The molecule has 1 aromatic rings. The minimum absolute atomic E-state index is 0.306. The van der Waals surface area contributed by atoms with Crippen LogP contribution in [0.4, 0.5) is 5.69 Å². The molecule has 1 N–H and O–H groups in total. The average molecular weight is 232 g/mol. The van der Waals surface area contributed by atoms with E-state index in [4.69, 9.17) is 0 Å². The summed E-state index contributed by atoms with van der Waals surface area (Å²) < 4.78 is 2.47. The van der Waals surface area contributed by atoms with Gasteiger partial charge in [0, 0.05) is 32.8 Å². The van der Waals surface area contributed by atoms with E-state index in [0.29, 0.717) is 12.2 Å². The third-order valence-corrected chi connectivity index (χ3v) is 2.66. The smallest absolute Gasteiger partial charge is 0.330 e. The van der Waals surface area contributed by atoms with Crippen molar-refractivity contribution in [1.82, 2.24) is 9.13 Å². The molecule has 1 aliphatic carbocycles. The Labute approximate surface area is 100 Å². The molecule has 0 aromatic carbocycles. The van der Waals surface area contributed by atoms with Crippen LogP contribution < -0.4 is 16.6 Å². The Bertz CT molecular complexity index is 509. The Morgan fingerprint density at radius 2 is 1.82 bits per heavy atom. The molecular weight excluding hydrogens is 218 g/mol. The van der Waals surface area contributed by atoms with E-state index in [0.717, 1.165) is 10.5 Å². The lowest BCUT2D eigenvalue weighted by Crippen LogP contribution is -2.38. The molecule has 1 saturated carbocycles. The summed E-state index contributed by atoms with van der Waals surface area (Å²) in [4.78, 5) is 23.3. The summed E-state index contributed by atoms with van der Waals surface area (Å²) in [5, 5.41) is 3.03. The predicted molar refractivity (Wildman–Crippen MR) is 65.9 cm³/mol. The maximum atomic E-state index is 11.8. The summed E-state index contributed by atoms with van der Waals surface area (Å²) >= 11 is 0. The predicted octanol–water partition coefficient (Wildman–Crippen LogP) is -0.0989. The maximum absolute atomic E-state index is 11.8.